The van der Waals surface area contributed by atoms with Crippen LogP contribution in [0.4, 0.5) is 5.69 Å². The lowest BCUT2D eigenvalue weighted by molar-refractivity contribution is -0.121. The fourth-order valence-corrected chi connectivity index (χ4v) is 3.81. The van der Waals surface area contributed by atoms with Crippen LogP contribution < -0.4 is 5.32 Å². The lowest BCUT2D eigenvalue weighted by atomic mass is 9.79. The minimum Gasteiger partial charge on any atom is -0.325 e. The van der Waals surface area contributed by atoms with Crippen molar-refractivity contribution in [1.82, 2.24) is 0 Å². The van der Waals surface area contributed by atoms with E-state index >= 15 is 0 Å². The molecule has 0 heterocycles. The molecule has 1 aromatic rings. The molecule has 0 aliphatic heterocycles. The number of carbonyl (C=O) groups is 1. The monoisotopic (exact) mass is 371 g/mol. The first-order chi connectivity index (χ1) is 10.1. The quantitative estimate of drug-likeness (QED) is 0.671. The third-order valence-electron chi connectivity index (χ3n) is 4.37. The highest BCUT2D eigenvalue weighted by molar-refractivity contribution is 9.10. The van der Waals surface area contributed by atoms with E-state index in [1.54, 1.807) is 12.1 Å². The van der Waals surface area contributed by atoms with Crippen molar-refractivity contribution in [3.05, 3.63) is 27.7 Å². The number of carbonyl (C=O) groups excluding carboxylic acids is 1. The molecule has 2 nitrogen and oxygen atoms in total. The third kappa shape index (κ3) is 5.00. The van der Waals surface area contributed by atoms with Crippen molar-refractivity contribution in [2.24, 2.45) is 11.8 Å². The Labute approximate surface area is 140 Å². The lowest BCUT2D eigenvalue weighted by Gasteiger charge is -2.27. The standard InChI is InChI=1S/C17H23BrClNO/c1-2-3-4-12-5-7-13(8-6-12)17(21)20-16-10-9-14(19)11-15(16)18/h9-13H,2-8H2,1H3,(H,20,21). The molecule has 1 fully saturated rings. The topological polar surface area (TPSA) is 29.1 Å². The highest BCUT2D eigenvalue weighted by Crippen LogP contribution is 2.33. The number of benzene rings is 1. The van der Waals surface area contributed by atoms with Crippen LogP contribution in [0.1, 0.15) is 51.9 Å². The van der Waals surface area contributed by atoms with Crippen molar-refractivity contribution in [2.75, 3.05) is 5.32 Å². The second kappa shape index (κ2) is 8.19. The molecular formula is C17H23BrClNO. The van der Waals surface area contributed by atoms with Crippen LogP contribution in [0, 0.1) is 11.8 Å². The number of rotatable bonds is 5. The van der Waals surface area contributed by atoms with Crippen LogP contribution in [0.25, 0.3) is 0 Å². The van der Waals surface area contributed by atoms with Crippen LogP contribution in [0.3, 0.4) is 0 Å². The molecule has 0 spiro atoms. The average molecular weight is 373 g/mol. The van der Waals surface area contributed by atoms with Crippen molar-refractivity contribution in [3.8, 4) is 0 Å². The fraction of sp³-hybridized carbons (Fsp3) is 0.588. The molecule has 1 saturated carbocycles. The summed E-state index contributed by atoms with van der Waals surface area (Å²) in [6.45, 7) is 2.24. The van der Waals surface area contributed by atoms with Gasteiger partial charge in [-0.2, -0.15) is 0 Å². The van der Waals surface area contributed by atoms with Gasteiger partial charge in [0, 0.05) is 15.4 Å². The molecule has 116 valence electrons. The number of halogens is 2. The summed E-state index contributed by atoms with van der Waals surface area (Å²) >= 11 is 9.36. The fourth-order valence-electron chi connectivity index (χ4n) is 3.03. The van der Waals surface area contributed by atoms with E-state index in [9.17, 15) is 4.79 Å². The molecule has 1 aromatic carbocycles. The van der Waals surface area contributed by atoms with E-state index in [-0.39, 0.29) is 11.8 Å². The number of hydrogen-bond acceptors (Lipinski definition) is 1. The summed E-state index contributed by atoms with van der Waals surface area (Å²) in [6, 6.07) is 5.44. The van der Waals surface area contributed by atoms with E-state index in [1.807, 2.05) is 6.07 Å². The van der Waals surface area contributed by atoms with Gasteiger partial charge in [-0.3, -0.25) is 4.79 Å². The molecule has 1 amide bonds. The highest BCUT2D eigenvalue weighted by Gasteiger charge is 2.26. The molecule has 21 heavy (non-hydrogen) atoms. The molecule has 1 aliphatic carbocycles. The minimum absolute atomic E-state index is 0.145. The molecule has 1 N–H and O–H groups in total. The predicted molar refractivity (Wildman–Crippen MR) is 92.8 cm³/mol. The average Bonchev–Trinajstić information content (AvgIpc) is 2.48. The van der Waals surface area contributed by atoms with Crippen molar-refractivity contribution < 1.29 is 4.79 Å². The first-order valence-corrected chi connectivity index (χ1v) is 9.03. The van der Waals surface area contributed by atoms with Crippen LogP contribution in [0.5, 0.6) is 0 Å². The smallest absolute Gasteiger partial charge is 0.227 e. The summed E-state index contributed by atoms with van der Waals surface area (Å²) in [5, 5.41) is 3.68. The van der Waals surface area contributed by atoms with Gasteiger partial charge >= 0.3 is 0 Å². The van der Waals surface area contributed by atoms with E-state index in [0.29, 0.717) is 5.02 Å². The Hall–Kier alpha value is -0.540. The van der Waals surface area contributed by atoms with Gasteiger partial charge in [-0.15, -0.1) is 0 Å². The number of nitrogens with one attached hydrogen (secondary N) is 1. The molecule has 0 aromatic heterocycles. The van der Waals surface area contributed by atoms with Crippen LogP contribution >= 0.6 is 27.5 Å². The van der Waals surface area contributed by atoms with Gasteiger partial charge in [0.15, 0.2) is 0 Å². The summed E-state index contributed by atoms with van der Waals surface area (Å²) < 4.78 is 0.833. The zero-order valence-corrected chi connectivity index (χ0v) is 14.8. The van der Waals surface area contributed by atoms with Crippen molar-refractivity contribution in [3.63, 3.8) is 0 Å². The van der Waals surface area contributed by atoms with Crippen LogP contribution in [-0.2, 0) is 4.79 Å². The van der Waals surface area contributed by atoms with Crippen LogP contribution in [0.15, 0.2) is 22.7 Å². The maximum atomic E-state index is 12.4. The predicted octanol–water partition coefficient (Wildman–Crippen LogP) is 6.04. The van der Waals surface area contributed by atoms with Crippen LogP contribution in [0.2, 0.25) is 5.02 Å². The van der Waals surface area contributed by atoms with Gasteiger partial charge in [0.25, 0.3) is 0 Å². The Bertz CT molecular complexity index is 484. The first-order valence-electron chi connectivity index (χ1n) is 7.86. The third-order valence-corrected chi connectivity index (χ3v) is 5.26. The Balaban J connectivity index is 1.84. The van der Waals surface area contributed by atoms with Gasteiger partial charge < -0.3 is 5.32 Å². The SMILES string of the molecule is CCCCC1CCC(C(=O)Nc2ccc(Cl)cc2Br)CC1. The van der Waals surface area contributed by atoms with Gasteiger partial charge in [0.2, 0.25) is 5.91 Å². The van der Waals surface area contributed by atoms with Gasteiger partial charge in [0.05, 0.1) is 5.69 Å². The van der Waals surface area contributed by atoms with E-state index in [0.717, 1.165) is 28.9 Å². The molecule has 0 saturated heterocycles. The number of anilines is 1. The molecule has 0 bridgehead atoms. The van der Waals surface area contributed by atoms with E-state index in [1.165, 1.54) is 32.1 Å². The molecule has 4 heteroatoms. The van der Waals surface area contributed by atoms with Crippen molar-refractivity contribution >= 4 is 39.1 Å². The Kier molecular flexibility index (Phi) is 6.56. The van der Waals surface area contributed by atoms with Gasteiger partial charge in [-0.1, -0.05) is 37.8 Å². The minimum atomic E-state index is 0.145. The molecule has 1 aliphatic rings. The maximum Gasteiger partial charge on any atom is 0.227 e. The normalized spacial score (nSPS) is 22.0. The number of unbranched alkanes of at least 4 members (excludes halogenated alkanes) is 1. The summed E-state index contributed by atoms with van der Waals surface area (Å²) in [4.78, 5) is 12.4. The number of hydrogen-bond donors (Lipinski definition) is 1. The van der Waals surface area contributed by atoms with E-state index in [2.05, 4.69) is 28.2 Å². The summed E-state index contributed by atoms with van der Waals surface area (Å²) in [7, 11) is 0. The Morgan fingerprint density at radius 3 is 2.67 bits per heavy atom. The molecule has 0 unspecified atom stereocenters. The summed E-state index contributed by atoms with van der Waals surface area (Å²) in [6.07, 6.45) is 8.34. The molecule has 0 atom stereocenters. The Morgan fingerprint density at radius 2 is 2.05 bits per heavy atom. The second-order valence-electron chi connectivity index (χ2n) is 5.97. The van der Waals surface area contributed by atoms with Crippen LogP contribution in [-0.4, -0.2) is 5.91 Å². The number of amides is 1. The van der Waals surface area contributed by atoms with Gasteiger partial charge in [-0.25, -0.2) is 0 Å². The summed E-state index contributed by atoms with van der Waals surface area (Å²) in [5.74, 6) is 1.13. The van der Waals surface area contributed by atoms with Gasteiger partial charge in [-0.05, 0) is 65.7 Å². The molecular weight excluding hydrogens is 350 g/mol. The molecule has 2 rings (SSSR count). The Morgan fingerprint density at radius 1 is 1.33 bits per heavy atom. The highest BCUT2D eigenvalue weighted by atomic mass is 79.9. The lowest BCUT2D eigenvalue weighted by Crippen LogP contribution is -2.27. The summed E-state index contributed by atoms with van der Waals surface area (Å²) in [5.41, 5.74) is 0.803. The van der Waals surface area contributed by atoms with Crippen molar-refractivity contribution in [2.45, 2.75) is 51.9 Å². The zero-order chi connectivity index (χ0) is 15.2. The first kappa shape index (κ1) is 16.8. The zero-order valence-electron chi connectivity index (χ0n) is 12.5. The maximum absolute atomic E-state index is 12.4. The van der Waals surface area contributed by atoms with E-state index in [4.69, 9.17) is 11.6 Å². The van der Waals surface area contributed by atoms with Crippen molar-refractivity contribution in [1.29, 1.82) is 0 Å². The second-order valence-corrected chi connectivity index (χ2v) is 7.26. The largest absolute Gasteiger partial charge is 0.325 e. The molecule has 0 radical (unpaired) electrons. The van der Waals surface area contributed by atoms with Gasteiger partial charge in [0.1, 0.15) is 0 Å². The van der Waals surface area contributed by atoms with E-state index < -0.39 is 0 Å².